The van der Waals surface area contributed by atoms with E-state index in [9.17, 15) is 9.59 Å². The van der Waals surface area contributed by atoms with Crippen molar-refractivity contribution in [2.75, 3.05) is 5.75 Å². The van der Waals surface area contributed by atoms with Gasteiger partial charge in [0.15, 0.2) is 14.8 Å². The van der Waals surface area contributed by atoms with Gasteiger partial charge in [-0.2, -0.15) is 0 Å². The molecule has 0 atom stereocenters. The number of carbonyl (C=O) groups is 1. The van der Waals surface area contributed by atoms with Gasteiger partial charge in [0, 0.05) is 5.41 Å². The second kappa shape index (κ2) is 9.75. The number of aromatic nitrogens is 3. The summed E-state index contributed by atoms with van der Waals surface area (Å²) in [5.41, 5.74) is 2.08. The van der Waals surface area contributed by atoms with E-state index < -0.39 is 5.41 Å². The fourth-order valence-corrected chi connectivity index (χ4v) is 5.70. The summed E-state index contributed by atoms with van der Waals surface area (Å²) in [7, 11) is 0. The van der Waals surface area contributed by atoms with Crippen LogP contribution in [0.1, 0.15) is 31.9 Å². The maximum atomic E-state index is 13.6. The minimum atomic E-state index is -0.453. The highest BCUT2D eigenvalue weighted by atomic mass is 32.2. The number of nitrogens with zero attached hydrogens (tertiary/aromatic N) is 3. The highest BCUT2D eigenvalue weighted by Crippen LogP contribution is 2.26. The highest BCUT2D eigenvalue weighted by Gasteiger charge is 2.23. The Morgan fingerprint density at radius 1 is 0.970 bits per heavy atom. The zero-order chi connectivity index (χ0) is 23.6. The van der Waals surface area contributed by atoms with Gasteiger partial charge in [0.05, 0.1) is 18.8 Å². The average Bonchev–Trinajstić information content (AvgIpc) is 3.10. The van der Waals surface area contributed by atoms with Crippen molar-refractivity contribution in [1.82, 2.24) is 14.1 Å². The molecule has 0 saturated carbocycles. The summed E-state index contributed by atoms with van der Waals surface area (Å²) in [6, 6.07) is 19.8. The number of thioether (sulfide) groups is 1. The Morgan fingerprint density at radius 2 is 1.52 bits per heavy atom. The van der Waals surface area contributed by atoms with E-state index in [0.717, 1.165) is 11.1 Å². The van der Waals surface area contributed by atoms with Gasteiger partial charge in [-0.15, -0.1) is 0 Å². The lowest BCUT2D eigenvalue weighted by Gasteiger charge is -2.17. The van der Waals surface area contributed by atoms with Crippen molar-refractivity contribution in [2.24, 2.45) is 5.41 Å². The topological polar surface area (TPSA) is 56.9 Å². The SMILES string of the molecule is CC(C)(C)C(=O)CSc1nc2c(sc(=S)n2Cc2ccccc2)c(=O)n1Cc1ccccc1. The van der Waals surface area contributed by atoms with Crippen molar-refractivity contribution in [3.05, 3.63) is 86.1 Å². The first kappa shape index (κ1) is 23.6. The van der Waals surface area contributed by atoms with E-state index in [0.29, 0.717) is 32.5 Å². The van der Waals surface area contributed by atoms with E-state index in [1.54, 1.807) is 4.57 Å². The summed E-state index contributed by atoms with van der Waals surface area (Å²) in [6.45, 7) is 6.64. The zero-order valence-electron chi connectivity index (χ0n) is 18.8. The zero-order valence-corrected chi connectivity index (χ0v) is 21.2. The van der Waals surface area contributed by atoms with Crippen LogP contribution in [0.4, 0.5) is 0 Å². The van der Waals surface area contributed by atoms with Crippen LogP contribution in [-0.4, -0.2) is 25.7 Å². The first-order valence-corrected chi connectivity index (χ1v) is 12.8. The molecular formula is C25H25N3O2S3. The van der Waals surface area contributed by atoms with Gasteiger partial charge in [0.25, 0.3) is 5.56 Å². The monoisotopic (exact) mass is 495 g/mol. The molecule has 0 N–H and O–H groups in total. The summed E-state index contributed by atoms with van der Waals surface area (Å²) >= 11 is 8.22. The minimum Gasteiger partial charge on any atom is -0.303 e. The number of thiazole rings is 1. The predicted octanol–water partition coefficient (Wildman–Crippen LogP) is 5.79. The molecule has 0 radical (unpaired) electrons. The Hall–Kier alpha value is -2.55. The predicted molar refractivity (Wildman–Crippen MR) is 139 cm³/mol. The molecule has 0 aliphatic carbocycles. The van der Waals surface area contributed by atoms with Gasteiger partial charge in [0.2, 0.25) is 0 Å². The molecule has 5 nitrogen and oxygen atoms in total. The number of Topliss-reactive ketones (excluding diaryl/α,β-unsaturated/α-hetero) is 1. The van der Waals surface area contributed by atoms with E-state index in [1.807, 2.05) is 86.0 Å². The summed E-state index contributed by atoms with van der Waals surface area (Å²) in [6.07, 6.45) is 0. The van der Waals surface area contributed by atoms with Gasteiger partial charge in [-0.1, -0.05) is 105 Å². The number of ketones is 1. The summed E-state index contributed by atoms with van der Waals surface area (Å²) in [5, 5.41) is 0.531. The summed E-state index contributed by atoms with van der Waals surface area (Å²) in [4.78, 5) is 31.1. The third kappa shape index (κ3) is 5.34. The van der Waals surface area contributed by atoms with Crippen molar-refractivity contribution < 1.29 is 4.79 Å². The normalized spacial score (nSPS) is 11.7. The number of hydrogen-bond acceptors (Lipinski definition) is 6. The maximum absolute atomic E-state index is 13.6. The lowest BCUT2D eigenvalue weighted by Crippen LogP contribution is -2.26. The highest BCUT2D eigenvalue weighted by molar-refractivity contribution is 7.99. The van der Waals surface area contributed by atoms with Gasteiger partial charge in [0.1, 0.15) is 10.5 Å². The first-order chi connectivity index (χ1) is 15.7. The second-order valence-corrected chi connectivity index (χ2v) is 11.4. The molecule has 0 amide bonds. The van der Waals surface area contributed by atoms with Gasteiger partial charge >= 0.3 is 0 Å². The smallest absolute Gasteiger partial charge is 0.274 e. The molecule has 2 aromatic heterocycles. The number of hydrogen-bond donors (Lipinski definition) is 0. The molecule has 0 bridgehead atoms. The molecular weight excluding hydrogens is 470 g/mol. The summed E-state index contributed by atoms with van der Waals surface area (Å²) < 4.78 is 4.72. The van der Waals surface area contributed by atoms with Crippen molar-refractivity contribution in [3.63, 3.8) is 0 Å². The first-order valence-electron chi connectivity index (χ1n) is 10.6. The van der Waals surface area contributed by atoms with Gasteiger partial charge in [-0.25, -0.2) is 4.98 Å². The van der Waals surface area contributed by atoms with Crippen LogP contribution < -0.4 is 5.56 Å². The maximum Gasteiger partial charge on any atom is 0.274 e. The van der Waals surface area contributed by atoms with Crippen molar-refractivity contribution in [3.8, 4) is 0 Å². The van der Waals surface area contributed by atoms with Crippen molar-refractivity contribution in [2.45, 2.75) is 39.0 Å². The average molecular weight is 496 g/mol. The number of benzene rings is 2. The molecule has 170 valence electrons. The molecule has 0 saturated heterocycles. The van der Waals surface area contributed by atoms with E-state index in [1.165, 1.54) is 23.1 Å². The Balaban J connectivity index is 1.82. The van der Waals surface area contributed by atoms with Crippen LogP contribution in [0.15, 0.2) is 70.6 Å². The number of fused-ring (bicyclic) bond motifs is 1. The van der Waals surface area contributed by atoms with E-state index in [4.69, 9.17) is 17.2 Å². The number of carbonyl (C=O) groups excluding carboxylic acids is 1. The van der Waals surface area contributed by atoms with Crippen molar-refractivity contribution in [1.29, 1.82) is 0 Å². The summed E-state index contributed by atoms with van der Waals surface area (Å²) in [5.74, 6) is 0.360. The third-order valence-electron chi connectivity index (χ3n) is 5.28. The molecule has 2 heterocycles. The van der Waals surface area contributed by atoms with Crippen LogP contribution in [0.5, 0.6) is 0 Å². The lowest BCUT2D eigenvalue weighted by atomic mass is 9.92. The van der Waals surface area contributed by atoms with Crippen molar-refractivity contribution >= 4 is 51.4 Å². The Morgan fingerprint density at radius 3 is 2.06 bits per heavy atom. The number of rotatable bonds is 7. The van der Waals surface area contributed by atoms with Gasteiger partial charge < -0.3 is 4.57 Å². The molecule has 0 spiro atoms. The fourth-order valence-electron chi connectivity index (χ4n) is 3.28. The molecule has 4 rings (SSSR count). The van der Waals surface area contributed by atoms with Crippen LogP contribution in [-0.2, 0) is 17.9 Å². The Bertz CT molecular complexity index is 1400. The quantitative estimate of drug-likeness (QED) is 0.184. The van der Waals surface area contributed by atoms with Gasteiger partial charge in [-0.05, 0) is 23.3 Å². The molecule has 0 fully saturated rings. The van der Waals surface area contributed by atoms with E-state index in [2.05, 4.69) is 0 Å². The molecule has 0 unspecified atom stereocenters. The van der Waals surface area contributed by atoms with Crippen LogP contribution in [0, 0.1) is 9.37 Å². The Kier molecular flexibility index (Phi) is 6.97. The molecule has 0 aliphatic rings. The molecule has 2 aromatic carbocycles. The van der Waals surface area contributed by atoms with Crippen LogP contribution in [0.25, 0.3) is 10.3 Å². The Labute approximate surface area is 206 Å². The fraction of sp³-hybridized carbons (Fsp3) is 0.280. The molecule has 4 aromatic rings. The third-order valence-corrected chi connectivity index (χ3v) is 7.68. The second-order valence-electron chi connectivity index (χ2n) is 8.83. The van der Waals surface area contributed by atoms with Crippen LogP contribution >= 0.6 is 35.3 Å². The standard InChI is InChI=1S/C25H25N3O2S3/c1-25(2,3)19(29)16-32-23-26-21-20(22(30)28(23)15-18-12-8-5-9-13-18)33-24(31)27(21)14-17-10-6-4-7-11-17/h4-13H,14-16H2,1-3H3. The largest absolute Gasteiger partial charge is 0.303 e. The molecule has 33 heavy (non-hydrogen) atoms. The molecule has 0 aliphatic heterocycles. The van der Waals surface area contributed by atoms with Crippen LogP contribution in [0.2, 0.25) is 0 Å². The minimum absolute atomic E-state index is 0.111. The van der Waals surface area contributed by atoms with E-state index in [-0.39, 0.29) is 17.1 Å². The molecule has 8 heteroatoms. The van der Waals surface area contributed by atoms with E-state index >= 15 is 0 Å². The van der Waals surface area contributed by atoms with Gasteiger partial charge in [-0.3, -0.25) is 14.2 Å². The van der Waals surface area contributed by atoms with Crippen LogP contribution in [0.3, 0.4) is 0 Å². The lowest BCUT2D eigenvalue weighted by molar-refractivity contribution is -0.123.